The molecule has 4 rings (SSSR count). The van der Waals surface area contributed by atoms with Crippen molar-refractivity contribution in [2.75, 3.05) is 13.1 Å². The van der Waals surface area contributed by atoms with Crippen LogP contribution in [0.15, 0.2) is 53.3 Å². The number of rotatable bonds is 7. The first kappa shape index (κ1) is 21.5. The summed E-state index contributed by atoms with van der Waals surface area (Å²) in [5.74, 6) is 0.825. The minimum atomic E-state index is -4.37. The van der Waals surface area contributed by atoms with Gasteiger partial charge in [0, 0.05) is 25.4 Å². The largest absolute Gasteiger partial charge is 0.416 e. The molecule has 1 atom stereocenters. The van der Waals surface area contributed by atoms with Crippen LogP contribution in [0.1, 0.15) is 41.2 Å². The number of alkyl halides is 3. The van der Waals surface area contributed by atoms with E-state index in [-0.39, 0.29) is 12.5 Å². The lowest BCUT2D eigenvalue weighted by molar-refractivity contribution is -0.137. The first-order chi connectivity index (χ1) is 15.0. The van der Waals surface area contributed by atoms with E-state index in [1.807, 2.05) is 12.1 Å². The van der Waals surface area contributed by atoms with Crippen molar-refractivity contribution in [2.24, 2.45) is 0 Å². The predicted molar refractivity (Wildman–Crippen MR) is 106 cm³/mol. The lowest BCUT2D eigenvalue weighted by Gasteiger charge is -2.31. The first-order valence-electron chi connectivity index (χ1n) is 10.2. The second kappa shape index (κ2) is 9.57. The van der Waals surface area contributed by atoms with Gasteiger partial charge in [0.05, 0.1) is 24.8 Å². The number of nitrogens with zero attached hydrogens (tertiary/aromatic N) is 4. The summed E-state index contributed by atoms with van der Waals surface area (Å²) in [4.78, 5) is 10.6. The topological polar surface area (TPSA) is 64.3 Å². The minimum Gasteiger partial charge on any atom is -0.372 e. The molecule has 2 aromatic heterocycles. The number of halogens is 3. The highest BCUT2D eigenvalue weighted by Gasteiger charge is 2.30. The molecule has 9 heteroatoms. The lowest BCUT2D eigenvalue weighted by Crippen LogP contribution is -2.39. The van der Waals surface area contributed by atoms with Gasteiger partial charge in [-0.1, -0.05) is 29.4 Å². The molecule has 0 N–H and O–H groups in total. The Morgan fingerprint density at radius 2 is 2.03 bits per heavy atom. The number of likely N-dealkylation sites (tertiary alicyclic amines) is 1. The number of benzene rings is 1. The zero-order valence-corrected chi connectivity index (χ0v) is 16.9. The summed E-state index contributed by atoms with van der Waals surface area (Å²) < 4.78 is 50.0. The van der Waals surface area contributed by atoms with Crippen LogP contribution in [0.3, 0.4) is 0 Å². The number of ether oxygens (including phenoxy) is 1. The molecule has 1 aromatic carbocycles. The number of pyridine rings is 1. The van der Waals surface area contributed by atoms with E-state index in [1.165, 1.54) is 6.07 Å². The monoisotopic (exact) mass is 432 g/mol. The number of hydrogen-bond acceptors (Lipinski definition) is 6. The van der Waals surface area contributed by atoms with Gasteiger partial charge in [0.25, 0.3) is 0 Å². The second-order valence-electron chi connectivity index (χ2n) is 7.65. The van der Waals surface area contributed by atoms with Crippen molar-refractivity contribution in [1.29, 1.82) is 0 Å². The smallest absolute Gasteiger partial charge is 0.372 e. The van der Waals surface area contributed by atoms with Gasteiger partial charge < -0.3 is 9.26 Å². The van der Waals surface area contributed by atoms with Crippen LogP contribution in [0.2, 0.25) is 0 Å². The van der Waals surface area contributed by atoms with Crippen molar-refractivity contribution in [3.63, 3.8) is 0 Å². The quantitative estimate of drug-likeness (QED) is 0.556. The summed E-state index contributed by atoms with van der Waals surface area (Å²) in [6.45, 7) is 2.67. The fourth-order valence-electron chi connectivity index (χ4n) is 3.65. The Kier molecular flexibility index (Phi) is 6.62. The molecule has 1 saturated heterocycles. The lowest BCUT2D eigenvalue weighted by atomic mass is 10.1. The van der Waals surface area contributed by atoms with Crippen LogP contribution in [0.5, 0.6) is 0 Å². The normalized spacial score (nSPS) is 17.7. The molecular weight excluding hydrogens is 409 g/mol. The van der Waals surface area contributed by atoms with Gasteiger partial charge in [0.15, 0.2) is 5.82 Å². The van der Waals surface area contributed by atoms with Crippen molar-refractivity contribution in [1.82, 2.24) is 20.0 Å². The van der Waals surface area contributed by atoms with Crippen molar-refractivity contribution in [3.05, 3.63) is 77.2 Å². The van der Waals surface area contributed by atoms with E-state index in [1.54, 1.807) is 18.5 Å². The Labute approximate surface area is 178 Å². The Bertz CT molecular complexity index is 978. The molecule has 1 aliphatic rings. The molecule has 1 fully saturated rings. The number of hydrogen-bond donors (Lipinski definition) is 0. The van der Waals surface area contributed by atoms with E-state index >= 15 is 0 Å². The van der Waals surface area contributed by atoms with Gasteiger partial charge in [-0.25, -0.2) is 0 Å². The molecular formula is C22H23F3N4O2. The average molecular weight is 432 g/mol. The standard InChI is InChI=1S/C22H23F3N4O2/c23-22(24,25)18-6-1-4-16(10-18)11-20-27-21(31-28-20)14-29-9-3-7-19(13-29)30-15-17-5-2-8-26-12-17/h1-2,4-6,8,10,12,19H,3,7,9,11,13-15H2/t19-/m0/s1. The van der Waals surface area contributed by atoms with Gasteiger partial charge >= 0.3 is 6.18 Å². The van der Waals surface area contributed by atoms with Gasteiger partial charge in [-0.2, -0.15) is 18.2 Å². The van der Waals surface area contributed by atoms with Crippen molar-refractivity contribution < 1.29 is 22.4 Å². The Morgan fingerprint density at radius 3 is 2.84 bits per heavy atom. The molecule has 0 radical (unpaired) electrons. The van der Waals surface area contributed by atoms with Gasteiger partial charge in [0.2, 0.25) is 5.89 Å². The molecule has 0 aliphatic carbocycles. The van der Waals surface area contributed by atoms with Crippen LogP contribution < -0.4 is 0 Å². The summed E-state index contributed by atoms with van der Waals surface area (Å²) in [6.07, 6.45) is 1.45. The van der Waals surface area contributed by atoms with Gasteiger partial charge in [-0.15, -0.1) is 0 Å². The summed E-state index contributed by atoms with van der Waals surface area (Å²) in [5, 5.41) is 3.93. The van der Waals surface area contributed by atoms with E-state index in [9.17, 15) is 13.2 Å². The molecule has 1 aliphatic heterocycles. The highest BCUT2D eigenvalue weighted by molar-refractivity contribution is 5.27. The molecule has 31 heavy (non-hydrogen) atoms. The fourth-order valence-corrected chi connectivity index (χ4v) is 3.65. The molecule has 0 amide bonds. The maximum atomic E-state index is 12.9. The maximum Gasteiger partial charge on any atom is 0.416 e. The molecule has 0 unspecified atom stereocenters. The second-order valence-corrected chi connectivity index (χ2v) is 7.65. The minimum absolute atomic E-state index is 0.112. The van der Waals surface area contributed by atoms with Crippen LogP contribution in [0.25, 0.3) is 0 Å². The Balaban J connectivity index is 1.30. The third kappa shape index (κ3) is 6.11. The van der Waals surface area contributed by atoms with Crippen molar-refractivity contribution in [2.45, 2.75) is 44.7 Å². The molecule has 6 nitrogen and oxygen atoms in total. The van der Waals surface area contributed by atoms with E-state index in [0.29, 0.717) is 30.4 Å². The van der Waals surface area contributed by atoms with Crippen LogP contribution in [-0.2, 0) is 30.5 Å². The zero-order chi connectivity index (χ0) is 21.7. The molecule has 0 saturated carbocycles. The zero-order valence-electron chi connectivity index (χ0n) is 16.9. The number of piperidine rings is 1. The van der Waals surface area contributed by atoms with Gasteiger partial charge in [0.1, 0.15) is 0 Å². The third-order valence-electron chi connectivity index (χ3n) is 5.16. The molecule has 3 aromatic rings. The van der Waals surface area contributed by atoms with Crippen LogP contribution >= 0.6 is 0 Å². The molecule has 3 heterocycles. The summed E-state index contributed by atoms with van der Waals surface area (Å²) in [7, 11) is 0. The summed E-state index contributed by atoms with van der Waals surface area (Å²) >= 11 is 0. The van der Waals surface area contributed by atoms with E-state index < -0.39 is 11.7 Å². The highest BCUT2D eigenvalue weighted by atomic mass is 19.4. The van der Waals surface area contributed by atoms with Gasteiger partial charge in [-0.3, -0.25) is 9.88 Å². The third-order valence-corrected chi connectivity index (χ3v) is 5.16. The predicted octanol–water partition coefficient (Wildman–Crippen LogP) is 4.26. The van der Waals surface area contributed by atoms with Crippen LogP contribution in [0, 0.1) is 0 Å². The fraction of sp³-hybridized carbons (Fsp3) is 0.409. The SMILES string of the molecule is FC(F)(F)c1cccc(Cc2noc(CN3CCC[C@H](OCc4cccnc4)C3)n2)c1. The molecule has 0 spiro atoms. The van der Waals surface area contributed by atoms with E-state index in [0.717, 1.165) is 43.6 Å². The Morgan fingerprint density at radius 1 is 1.16 bits per heavy atom. The first-order valence-corrected chi connectivity index (χ1v) is 10.2. The van der Waals surface area contributed by atoms with Crippen molar-refractivity contribution in [3.8, 4) is 0 Å². The highest BCUT2D eigenvalue weighted by Crippen LogP contribution is 2.29. The number of aromatic nitrogens is 3. The van der Waals surface area contributed by atoms with E-state index in [2.05, 4.69) is 20.0 Å². The average Bonchev–Trinajstić information content (AvgIpc) is 3.19. The molecule has 164 valence electrons. The van der Waals surface area contributed by atoms with Crippen molar-refractivity contribution >= 4 is 0 Å². The maximum absolute atomic E-state index is 12.9. The Hall–Kier alpha value is -2.78. The molecule has 0 bridgehead atoms. The van der Waals surface area contributed by atoms with Crippen LogP contribution in [-0.4, -0.2) is 39.2 Å². The summed E-state index contributed by atoms with van der Waals surface area (Å²) in [6, 6.07) is 9.05. The van der Waals surface area contributed by atoms with Crippen LogP contribution in [0.4, 0.5) is 13.2 Å². The van der Waals surface area contributed by atoms with Gasteiger partial charge in [-0.05, 0) is 42.6 Å². The van der Waals surface area contributed by atoms with E-state index in [4.69, 9.17) is 9.26 Å². The summed E-state index contributed by atoms with van der Waals surface area (Å²) in [5.41, 5.74) is 0.846.